The molecule has 7 heteroatoms. The van der Waals surface area contributed by atoms with Crippen molar-refractivity contribution in [2.24, 2.45) is 5.16 Å². The number of hydrogen-bond acceptors (Lipinski definition) is 7. The summed E-state index contributed by atoms with van der Waals surface area (Å²) in [6.07, 6.45) is 0.325. The Morgan fingerprint density at radius 3 is 2.35 bits per heavy atom. The number of aromatic nitrogens is 2. The number of oxime groups is 1. The van der Waals surface area contributed by atoms with Gasteiger partial charge < -0.3 is 18.7 Å². The van der Waals surface area contributed by atoms with Gasteiger partial charge in [0.1, 0.15) is 17.2 Å². The van der Waals surface area contributed by atoms with Crippen molar-refractivity contribution >= 4 is 5.90 Å². The summed E-state index contributed by atoms with van der Waals surface area (Å²) in [5.74, 6) is 3.65. The summed E-state index contributed by atoms with van der Waals surface area (Å²) >= 11 is 0. The second kappa shape index (κ2) is 8.31. The first-order valence-electron chi connectivity index (χ1n) is 9.87. The lowest BCUT2D eigenvalue weighted by Gasteiger charge is -2.10. The fourth-order valence-electron chi connectivity index (χ4n) is 3.21. The van der Waals surface area contributed by atoms with E-state index in [-0.39, 0.29) is 6.10 Å². The molecule has 0 bridgehead atoms. The predicted molar refractivity (Wildman–Crippen MR) is 114 cm³/mol. The number of para-hydroxylation sites is 1. The predicted octanol–water partition coefficient (Wildman–Crippen LogP) is 5.69. The summed E-state index contributed by atoms with van der Waals surface area (Å²) in [6.45, 7) is 1.75. The van der Waals surface area contributed by atoms with E-state index in [1.807, 2.05) is 78.9 Å². The van der Waals surface area contributed by atoms with Gasteiger partial charge in [0, 0.05) is 12.5 Å². The highest BCUT2D eigenvalue weighted by atomic mass is 16.7. The van der Waals surface area contributed by atoms with Crippen LogP contribution in [0.5, 0.6) is 17.2 Å². The average Bonchev–Trinajstić information content (AvgIpc) is 3.44. The van der Waals surface area contributed by atoms with Gasteiger partial charge in [0.2, 0.25) is 17.7 Å². The summed E-state index contributed by atoms with van der Waals surface area (Å²) in [7, 11) is 0. The van der Waals surface area contributed by atoms with Crippen molar-refractivity contribution in [3.8, 4) is 28.7 Å². The molecule has 0 spiro atoms. The SMILES string of the molecule is Cc1nnc(-c2cccc(OC3=NO[C@@H](c4ccc(Oc5ccccc5)cc4)C3)c2)o1. The third-order valence-corrected chi connectivity index (χ3v) is 4.72. The Kier molecular flexibility index (Phi) is 5.06. The number of hydrogen-bond donors (Lipinski definition) is 0. The lowest BCUT2D eigenvalue weighted by atomic mass is 10.1. The van der Waals surface area contributed by atoms with E-state index in [0.29, 0.717) is 29.8 Å². The summed E-state index contributed by atoms with van der Waals surface area (Å²) in [5.41, 5.74) is 1.78. The first-order valence-corrected chi connectivity index (χ1v) is 9.87. The van der Waals surface area contributed by atoms with Gasteiger partial charge in [-0.2, -0.15) is 0 Å². The van der Waals surface area contributed by atoms with Crippen LogP contribution >= 0.6 is 0 Å². The molecule has 0 amide bonds. The number of aryl methyl sites for hydroxylation is 1. The molecule has 154 valence electrons. The molecule has 1 atom stereocenters. The van der Waals surface area contributed by atoms with Gasteiger partial charge in [-0.05, 0) is 48.0 Å². The molecule has 5 rings (SSSR count). The third-order valence-electron chi connectivity index (χ3n) is 4.72. The number of benzene rings is 3. The van der Waals surface area contributed by atoms with Crippen molar-refractivity contribution < 1.29 is 18.7 Å². The summed E-state index contributed by atoms with van der Waals surface area (Å²) in [4.78, 5) is 5.58. The minimum Gasteiger partial charge on any atom is -0.457 e. The molecule has 2 heterocycles. The summed E-state index contributed by atoms with van der Waals surface area (Å²) < 4.78 is 17.2. The average molecular weight is 413 g/mol. The van der Waals surface area contributed by atoms with E-state index in [0.717, 1.165) is 22.6 Å². The Bertz CT molecular complexity index is 1200. The van der Waals surface area contributed by atoms with Crippen molar-refractivity contribution in [3.05, 3.63) is 90.3 Å². The Labute approximate surface area is 178 Å². The van der Waals surface area contributed by atoms with Crippen molar-refractivity contribution in [3.63, 3.8) is 0 Å². The summed E-state index contributed by atoms with van der Waals surface area (Å²) in [5, 5.41) is 12.0. The zero-order valence-electron chi connectivity index (χ0n) is 16.8. The molecule has 0 radical (unpaired) electrons. The molecule has 1 aliphatic rings. The monoisotopic (exact) mass is 413 g/mol. The number of ether oxygens (including phenoxy) is 2. The Morgan fingerprint density at radius 1 is 0.806 bits per heavy atom. The Hall–Kier alpha value is -4.13. The molecule has 0 N–H and O–H groups in total. The van der Waals surface area contributed by atoms with Gasteiger partial charge in [0.05, 0.1) is 6.42 Å². The lowest BCUT2D eigenvalue weighted by molar-refractivity contribution is 0.0855. The molecule has 31 heavy (non-hydrogen) atoms. The first kappa shape index (κ1) is 18.9. The second-order valence-corrected chi connectivity index (χ2v) is 7.02. The molecule has 0 fully saturated rings. The van der Waals surface area contributed by atoms with E-state index < -0.39 is 0 Å². The van der Waals surface area contributed by atoms with Crippen LogP contribution in [-0.4, -0.2) is 16.1 Å². The van der Waals surface area contributed by atoms with E-state index in [1.54, 1.807) is 6.92 Å². The zero-order valence-corrected chi connectivity index (χ0v) is 16.8. The van der Waals surface area contributed by atoms with Gasteiger partial charge in [-0.15, -0.1) is 10.2 Å². The van der Waals surface area contributed by atoms with Crippen molar-refractivity contribution in [1.82, 2.24) is 10.2 Å². The van der Waals surface area contributed by atoms with E-state index >= 15 is 0 Å². The smallest absolute Gasteiger partial charge is 0.247 e. The highest BCUT2D eigenvalue weighted by Crippen LogP contribution is 2.31. The third kappa shape index (κ3) is 4.40. The molecule has 0 saturated carbocycles. The van der Waals surface area contributed by atoms with Crippen LogP contribution in [-0.2, 0) is 4.84 Å². The summed E-state index contributed by atoms with van der Waals surface area (Å²) in [6, 6.07) is 24.9. The minimum atomic E-state index is -0.206. The van der Waals surface area contributed by atoms with Crippen LogP contribution in [0.1, 0.15) is 24.0 Å². The van der Waals surface area contributed by atoms with Gasteiger partial charge in [-0.1, -0.05) is 41.6 Å². The largest absolute Gasteiger partial charge is 0.457 e. The lowest BCUT2D eigenvalue weighted by Crippen LogP contribution is -2.07. The van der Waals surface area contributed by atoms with Gasteiger partial charge in [-0.25, -0.2) is 0 Å². The van der Waals surface area contributed by atoms with Gasteiger partial charge in [-0.3, -0.25) is 0 Å². The minimum absolute atomic E-state index is 0.206. The van der Waals surface area contributed by atoms with Gasteiger partial charge in [0.15, 0.2) is 6.10 Å². The second-order valence-electron chi connectivity index (χ2n) is 7.02. The van der Waals surface area contributed by atoms with Crippen LogP contribution < -0.4 is 9.47 Å². The van der Waals surface area contributed by atoms with E-state index in [2.05, 4.69) is 15.4 Å². The Balaban J connectivity index is 1.21. The molecule has 1 aliphatic heterocycles. The zero-order chi connectivity index (χ0) is 21.0. The maximum Gasteiger partial charge on any atom is 0.247 e. The van der Waals surface area contributed by atoms with Crippen LogP contribution in [0.3, 0.4) is 0 Å². The van der Waals surface area contributed by atoms with E-state index in [4.69, 9.17) is 18.7 Å². The van der Waals surface area contributed by atoms with Crippen LogP contribution in [0, 0.1) is 6.92 Å². The maximum atomic E-state index is 5.91. The van der Waals surface area contributed by atoms with Crippen molar-refractivity contribution in [1.29, 1.82) is 0 Å². The van der Waals surface area contributed by atoms with Crippen molar-refractivity contribution in [2.45, 2.75) is 19.4 Å². The van der Waals surface area contributed by atoms with E-state index in [9.17, 15) is 0 Å². The van der Waals surface area contributed by atoms with E-state index in [1.165, 1.54) is 0 Å². The fourth-order valence-corrected chi connectivity index (χ4v) is 3.21. The number of rotatable bonds is 5. The molecule has 0 saturated heterocycles. The van der Waals surface area contributed by atoms with Crippen LogP contribution in [0.2, 0.25) is 0 Å². The molecule has 0 aliphatic carbocycles. The molecule has 1 aromatic heterocycles. The van der Waals surface area contributed by atoms with Crippen LogP contribution in [0.15, 0.2) is 88.4 Å². The molecular weight excluding hydrogens is 394 g/mol. The van der Waals surface area contributed by atoms with Crippen LogP contribution in [0.25, 0.3) is 11.5 Å². The molecule has 3 aromatic carbocycles. The molecule has 7 nitrogen and oxygen atoms in total. The first-order chi connectivity index (χ1) is 15.2. The van der Waals surface area contributed by atoms with Gasteiger partial charge in [0.25, 0.3) is 0 Å². The van der Waals surface area contributed by atoms with Crippen molar-refractivity contribution in [2.75, 3.05) is 0 Å². The normalized spacial score (nSPS) is 15.3. The highest BCUT2D eigenvalue weighted by molar-refractivity contribution is 5.80. The highest BCUT2D eigenvalue weighted by Gasteiger charge is 2.25. The fraction of sp³-hybridized carbons (Fsp3) is 0.125. The molecule has 4 aromatic rings. The maximum absolute atomic E-state index is 5.91. The molecule has 0 unspecified atom stereocenters. The molecular formula is C24H19N3O4. The standard InChI is InChI=1S/C24H19N3O4/c1-16-25-26-24(28-16)18-6-5-9-21(14-18)30-23-15-22(31-27-23)17-10-12-20(13-11-17)29-19-7-3-2-4-8-19/h2-14,22H,15H2,1H3/t22-/m1/s1. The van der Waals surface area contributed by atoms with Crippen LogP contribution in [0.4, 0.5) is 0 Å². The Morgan fingerprint density at radius 2 is 1.58 bits per heavy atom. The number of nitrogens with zero attached hydrogens (tertiary/aromatic N) is 3. The quantitative estimate of drug-likeness (QED) is 0.418. The van der Waals surface area contributed by atoms with Gasteiger partial charge >= 0.3 is 0 Å². The topological polar surface area (TPSA) is 79.0 Å².